The first-order valence-electron chi connectivity index (χ1n) is 3.88. The minimum Gasteiger partial charge on any atom is -0.337 e. The second-order valence-corrected chi connectivity index (χ2v) is 3.27. The van der Waals surface area contributed by atoms with Gasteiger partial charge in [0.05, 0.1) is 0 Å². The Labute approximate surface area is 62.2 Å². The third kappa shape index (κ3) is 0.917. The van der Waals surface area contributed by atoms with Gasteiger partial charge >= 0.3 is 0 Å². The number of amides is 1. The van der Waals surface area contributed by atoms with Crippen LogP contribution in [0.15, 0.2) is 0 Å². The van der Waals surface area contributed by atoms with Crippen molar-refractivity contribution in [3.8, 4) is 0 Å². The van der Waals surface area contributed by atoms with Crippen LogP contribution in [0.4, 0.5) is 0 Å². The third-order valence-corrected chi connectivity index (χ3v) is 2.67. The van der Waals surface area contributed by atoms with Gasteiger partial charge in [0.25, 0.3) is 0 Å². The van der Waals surface area contributed by atoms with Crippen molar-refractivity contribution in [1.29, 1.82) is 0 Å². The molecule has 1 atom stereocenters. The van der Waals surface area contributed by atoms with Crippen LogP contribution in [0.5, 0.6) is 0 Å². The van der Waals surface area contributed by atoms with Gasteiger partial charge in [0.2, 0.25) is 5.91 Å². The highest BCUT2D eigenvalue weighted by Crippen LogP contribution is 2.32. The topological polar surface area (TPSA) is 20.3 Å². The zero-order valence-electron chi connectivity index (χ0n) is 6.98. The standard InChI is InChI=1S/C8H15NO/c1-4-8(3)5-6-9(8)7(2)10/h4-6H2,1-3H3. The van der Waals surface area contributed by atoms with Crippen LogP contribution in [-0.2, 0) is 4.79 Å². The van der Waals surface area contributed by atoms with Gasteiger partial charge in [-0.2, -0.15) is 0 Å². The number of carbonyl (C=O) groups is 1. The van der Waals surface area contributed by atoms with Crippen molar-refractivity contribution in [1.82, 2.24) is 4.90 Å². The van der Waals surface area contributed by atoms with E-state index in [-0.39, 0.29) is 11.4 Å². The van der Waals surface area contributed by atoms with Crippen molar-refractivity contribution in [3.63, 3.8) is 0 Å². The SMILES string of the molecule is CCC1(C)CCN1C(C)=O. The normalized spacial score (nSPS) is 31.7. The second-order valence-electron chi connectivity index (χ2n) is 3.27. The Hall–Kier alpha value is -0.530. The van der Waals surface area contributed by atoms with Crippen LogP contribution in [0.2, 0.25) is 0 Å². The Bertz CT molecular complexity index is 151. The van der Waals surface area contributed by atoms with Gasteiger partial charge in [-0.1, -0.05) is 6.92 Å². The molecule has 2 heteroatoms. The summed E-state index contributed by atoms with van der Waals surface area (Å²) in [6.07, 6.45) is 2.25. The Balaban J connectivity index is 2.57. The molecule has 0 aromatic heterocycles. The van der Waals surface area contributed by atoms with Crippen LogP contribution in [0, 0.1) is 0 Å². The minimum absolute atomic E-state index is 0.186. The van der Waals surface area contributed by atoms with E-state index in [4.69, 9.17) is 0 Å². The molecule has 0 bridgehead atoms. The maximum Gasteiger partial charge on any atom is 0.219 e. The van der Waals surface area contributed by atoms with E-state index in [1.54, 1.807) is 6.92 Å². The second kappa shape index (κ2) is 2.26. The summed E-state index contributed by atoms with van der Waals surface area (Å²) in [6.45, 7) is 6.89. The molecule has 1 fully saturated rings. The van der Waals surface area contributed by atoms with Gasteiger partial charge in [0, 0.05) is 19.0 Å². The zero-order valence-corrected chi connectivity index (χ0v) is 6.98. The van der Waals surface area contributed by atoms with E-state index in [0.717, 1.165) is 13.0 Å². The van der Waals surface area contributed by atoms with E-state index >= 15 is 0 Å². The van der Waals surface area contributed by atoms with Crippen LogP contribution in [0.1, 0.15) is 33.6 Å². The molecule has 1 heterocycles. The molecule has 1 rings (SSSR count). The monoisotopic (exact) mass is 141 g/mol. The Morgan fingerprint density at radius 2 is 2.30 bits per heavy atom. The van der Waals surface area contributed by atoms with E-state index in [1.807, 2.05) is 4.90 Å². The quantitative estimate of drug-likeness (QED) is 0.540. The highest BCUT2D eigenvalue weighted by Gasteiger charge is 2.39. The van der Waals surface area contributed by atoms with Crippen LogP contribution < -0.4 is 0 Å². The summed E-state index contributed by atoms with van der Waals surface area (Å²) in [6, 6.07) is 0. The zero-order chi connectivity index (χ0) is 7.78. The summed E-state index contributed by atoms with van der Waals surface area (Å²) < 4.78 is 0. The van der Waals surface area contributed by atoms with Gasteiger partial charge in [-0.05, 0) is 19.8 Å². The highest BCUT2D eigenvalue weighted by molar-refractivity contribution is 5.75. The van der Waals surface area contributed by atoms with E-state index in [0.29, 0.717) is 0 Å². The smallest absolute Gasteiger partial charge is 0.219 e. The number of hydrogen-bond donors (Lipinski definition) is 0. The van der Waals surface area contributed by atoms with Crippen molar-refractivity contribution < 1.29 is 4.79 Å². The van der Waals surface area contributed by atoms with E-state index in [2.05, 4.69) is 13.8 Å². The largest absolute Gasteiger partial charge is 0.337 e. The molecule has 1 saturated heterocycles. The fraction of sp³-hybridized carbons (Fsp3) is 0.875. The molecular weight excluding hydrogens is 126 g/mol. The lowest BCUT2D eigenvalue weighted by atomic mass is 9.84. The summed E-state index contributed by atoms with van der Waals surface area (Å²) in [5.41, 5.74) is 0.186. The molecule has 58 valence electrons. The fourth-order valence-electron chi connectivity index (χ4n) is 1.51. The first-order chi connectivity index (χ1) is 4.60. The van der Waals surface area contributed by atoms with E-state index in [9.17, 15) is 4.79 Å². The predicted molar refractivity (Wildman–Crippen MR) is 40.7 cm³/mol. The van der Waals surface area contributed by atoms with Crippen molar-refractivity contribution >= 4 is 5.91 Å². The Morgan fingerprint density at radius 3 is 2.40 bits per heavy atom. The molecule has 0 aliphatic carbocycles. The van der Waals surface area contributed by atoms with Crippen LogP contribution in [0.25, 0.3) is 0 Å². The molecule has 0 radical (unpaired) electrons. The van der Waals surface area contributed by atoms with Gasteiger partial charge in [-0.3, -0.25) is 4.79 Å². The number of carbonyl (C=O) groups excluding carboxylic acids is 1. The van der Waals surface area contributed by atoms with Gasteiger partial charge < -0.3 is 4.90 Å². The predicted octanol–water partition coefficient (Wildman–Crippen LogP) is 1.41. The summed E-state index contributed by atoms with van der Waals surface area (Å²) >= 11 is 0. The van der Waals surface area contributed by atoms with Gasteiger partial charge in [0.15, 0.2) is 0 Å². The van der Waals surface area contributed by atoms with Crippen LogP contribution in [-0.4, -0.2) is 22.9 Å². The minimum atomic E-state index is 0.186. The maximum atomic E-state index is 10.9. The molecule has 0 aromatic carbocycles. The molecule has 1 unspecified atom stereocenters. The molecule has 0 aromatic rings. The number of rotatable bonds is 1. The molecule has 1 aliphatic heterocycles. The first kappa shape index (κ1) is 7.58. The van der Waals surface area contributed by atoms with E-state index in [1.165, 1.54) is 6.42 Å². The van der Waals surface area contributed by atoms with Gasteiger partial charge in [-0.15, -0.1) is 0 Å². The van der Waals surface area contributed by atoms with Crippen molar-refractivity contribution in [3.05, 3.63) is 0 Å². The molecule has 10 heavy (non-hydrogen) atoms. The number of likely N-dealkylation sites (tertiary alicyclic amines) is 1. The summed E-state index contributed by atoms with van der Waals surface area (Å²) in [4.78, 5) is 12.9. The van der Waals surface area contributed by atoms with Crippen molar-refractivity contribution in [2.45, 2.75) is 39.2 Å². The molecule has 1 aliphatic rings. The van der Waals surface area contributed by atoms with Crippen LogP contribution >= 0.6 is 0 Å². The average molecular weight is 141 g/mol. The van der Waals surface area contributed by atoms with E-state index < -0.39 is 0 Å². The maximum absolute atomic E-state index is 10.9. The fourth-order valence-corrected chi connectivity index (χ4v) is 1.51. The molecule has 1 amide bonds. The first-order valence-corrected chi connectivity index (χ1v) is 3.88. The molecule has 0 N–H and O–H groups in total. The summed E-state index contributed by atoms with van der Waals surface area (Å²) in [5.74, 6) is 0.218. The highest BCUT2D eigenvalue weighted by atomic mass is 16.2. The lowest BCUT2D eigenvalue weighted by Crippen LogP contribution is -2.59. The van der Waals surface area contributed by atoms with Crippen LogP contribution in [0.3, 0.4) is 0 Å². The van der Waals surface area contributed by atoms with Crippen molar-refractivity contribution in [2.75, 3.05) is 6.54 Å². The lowest BCUT2D eigenvalue weighted by Gasteiger charge is -2.50. The molecule has 0 saturated carbocycles. The number of hydrogen-bond acceptors (Lipinski definition) is 1. The molecular formula is C8H15NO. The van der Waals surface area contributed by atoms with Gasteiger partial charge in [-0.25, -0.2) is 0 Å². The van der Waals surface area contributed by atoms with Crippen molar-refractivity contribution in [2.24, 2.45) is 0 Å². The third-order valence-electron chi connectivity index (χ3n) is 2.67. The summed E-state index contributed by atoms with van der Waals surface area (Å²) in [5, 5.41) is 0. The summed E-state index contributed by atoms with van der Waals surface area (Å²) in [7, 11) is 0. The lowest BCUT2D eigenvalue weighted by molar-refractivity contribution is -0.143. The Kier molecular flexibility index (Phi) is 1.71. The average Bonchev–Trinajstić information content (AvgIpc) is 1.83. The van der Waals surface area contributed by atoms with Gasteiger partial charge in [0.1, 0.15) is 0 Å². The Morgan fingerprint density at radius 1 is 1.70 bits per heavy atom. The number of nitrogens with zero attached hydrogens (tertiary/aromatic N) is 1. The molecule has 0 spiro atoms. The molecule has 2 nitrogen and oxygen atoms in total.